The number of alkyl halides is 1. The maximum atomic E-state index is 13.6. The van der Waals surface area contributed by atoms with Crippen LogP contribution in [0, 0.1) is 5.41 Å². The molecule has 0 unspecified atom stereocenters. The summed E-state index contributed by atoms with van der Waals surface area (Å²) in [6.45, 7) is 5.83. The van der Waals surface area contributed by atoms with Crippen LogP contribution in [0.3, 0.4) is 0 Å². The number of nitrogens with zero attached hydrogens (tertiary/aromatic N) is 3. The lowest BCUT2D eigenvalue weighted by atomic mass is 9.43. The number of pyridine rings is 1. The first-order chi connectivity index (χ1) is 12.6. The van der Waals surface area contributed by atoms with E-state index in [0.29, 0.717) is 37.6 Å². The van der Waals surface area contributed by atoms with Gasteiger partial charge in [0.15, 0.2) is 5.82 Å². The van der Waals surface area contributed by atoms with Gasteiger partial charge in [-0.25, -0.2) is 18.9 Å². The summed E-state index contributed by atoms with van der Waals surface area (Å²) in [6, 6.07) is 4.91. The summed E-state index contributed by atoms with van der Waals surface area (Å²) in [6.07, 6.45) is 3.46. The Kier molecular flexibility index (Phi) is 4.00. The summed E-state index contributed by atoms with van der Waals surface area (Å²) in [5.41, 5.74) is -1.35. The van der Waals surface area contributed by atoms with Crippen molar-refractivity contribution in [3.05, 3.63) is 35.1 Å². The lowest BCUT2D eigenvalue weighted by Gasteiger charge is -2.65. The number of esters is 1. The third-order valence-electron chi connectivity index (χ3n) is 4.85. The Morgan fingerprint density at radius 2 is 2.00 bits per heavy atom. The van der Waals surface area contributed by atoms with Crippen LogP contribution in [0.1, 0.15) is 50.4 Å². The van der Waals surface area contributed by atoms with Crippen LogP contribution in [0.5, 0.6) is 5.88 Å². The average molecular weight is 394 g/mol. The Labute approximate surface area is 161 Å². The van der Waals surface area contributed by atoms with E-state index >= 15 is 0 Å². The Morgan fingerprint density at radius 3 is 2.59 bits per heavy atom. The number of hydrogen-bond donors (Lipinski definition) is 0. The van der Waals surface area contributed by atoms with Crippen LogP contribution in [-0.2, 0) is 4.74 Å². The summed E-state index contributed by atoms with van der Waals surface area (Å²) < 4.78 is 26.1. The SMILES string of the molecule is CC(C)(C)OC(=O)c1ccc(-n2ccc(OCC34CC(F)(C3)C4)n2)nc1Cl. The highest BCUT2D eigenvalue weighted by molar-refractivity contribution is 6.32. The van der Waals surface area contributed by atoms with Crippen molar-refractivity contribution in [2.24, 2.45) is 5.41 Å². The summed E-state index contributed by atoms with van der Waals surface area (Å²) in [7, 11) is 0. The number of ether oxygens (including phenoxy) is 2. The van der Waals surface area contributed by atoms with Crippen molar-refractivity contribution < 1.29 is 18.7 Å². The third-order valence-corrected chi connectivity index (χ3v) is 5.14. The molecule has 2 aromatic rings. The monoisotopic (exact) mass is 393 g/mol. The quantitative estimate of drug-likeness (QED) is 0.564. The largest absolute Gasteiger partial charge is 0.476 e. The number of halogens is 2. The molecule has 0 N–H and O–H groups in total. The zero-order valence-corrected chi connectivity index (χ0v) is 16.2. The number of aromatic nitrogens is 3. The normalized spacial score (nSPS) is 26.1. The molecule has 0 aliphatic heterocycles. The van der Waals surface area contributed by atoms with Gasteiger partial charge >= 0.3 is 5.97 Å². The van der Waals surface area contributed by atoms with Gasteiger partial charge in [-0.2, -0.15) is 0 Å². The molecule has 0 radical (unpaired) electrons. The van der Waals surface area contributed by atoms with E-state index in [-0.39, 0.29) is 16.1 Å². The minimum Gasteiger partial charge on any atom is -0.476 e. The van der Waals surface area contributed by atoms with Crippen LogP contribution in [-0.4, -0.2) is 38.6 Å². The summed E-state index contributed by atoms with van der Waals surface area (Å²) in [5.74, 6) is 0.373. The van der Waals surface area contributed by atoms with Crippen LogP contribution in [0.2, 0.25) is 5.15 Å². The van der Waals surface area contributed by atoms with E-state index in [0.717, 1.165) is 0 Å². The Bertz CT molecular complexity index is 886. The molecule has 0 saturated heterocycles. The van der Waals surface area contributed by atoms with Gasteiger partial charge in [-0.3, -0.25) is 0 Å². The van der Waals surface area contributed by atoms with Crippen LogP contribution < -0.4 is 4.74 Å². The van der Waals surface area contributed by atoms with Gasteiger partial charge in [0.1, 0.15) is 16.4 Å². The van der Waals surface area contributed by atoms with Gasteiger partial charge in [0.25, 0.3) is 0 Å². The molecule has 3 aliphatic rings. The molecule has 3 aliphatic carbocycles. The first-order valence-electron chi connectivity index (χ1n) is 8.84. The third kappa shape index (κ3) is 3.52. The maximum Gasteiger partial charge on any atom is 0.341 e. The number of carbonyl (C=O) groups is 1. The molecule has 2 aromatic heterocycles. The Morgan fingerprint density at radius 1 is 1.30 bits per heavy atom. The molecule has 144 valence electrons. The molecule has 2 bridgehead atoms. The minimum absolute atomic E-state index is 0.00481. The molecule has 0 amide bonds. The lowest BCUT2D eigenvalue weighted by Crippen LogP contribution is -2.66. The van der Waals surface area contributed by atoms with E-state index in [4.69, 9.17) is 21.1 Å². The second kappa shape index (κ2) is 5.92. The highest BCUT2D eigenvalue weighted by Crippen LogP contribution is 2.69. The van der Waals surface area contributed by atoms with Crippen molar-refractivity contribution in [3.8, 4) is 11.7 Å². The first-order valence-corrected chi connectivity index (χ1v) is 9.22. The van der Waals surface area contributed by atoms with Crippen LogP contribution >= 0.6 is 11.6 Å². The molecule has 8 heteroatoms. The fourth-order valence-corrected chi connectivity index (χ4v) is 4.02. The molecule has 6 nitrogen and oxygen atoms in total. The van der Waals surface area contributed by atoms with Gasteiger partial charge in [-0.15, -0.1) is 5.10 Å². The van der Waals surface area contributed by atoms with Gasteiger partial charge in [0.05, 0.1) is 12.2 Å². The molecular weight excluding hydrogens is 373 g/mol. The highest BCUT2D eigenvalue weighted by atomic mass is 35.5. The maximum absolute atomic E-state index is 13.6. The molecular formula is C19H21ClFN3O3. The van der Waals surface area contributed by atoms with E-state index in [9.17, 15) is 9.18 Å². The van der Waals surface area contributed by atoms with Crippen LogP contribution in [0.4, 0.5) is 4.39 Å². The molecule has 0 atom stereocenters. The number of carbonyl (C=O) groups excluding carboxylic acids is 1. The summed E-state index contributed by atoms with van der Waals surface area (Å²) >= 11 is 6.16. The lowest BCUT2D eigenvalue weighted by molar-refractivity contribution is -0.226. The van der Waals surface area contributed by atoms with Crippen molar-refractivity contribution in [2.45, 2.75) is 51.3 Å². The van der Waals surface area contributed by atoms with Gasteiger partial charge in [0.2, 0.25) is 5.88 Å². The number of hydrogen-bond acceptors (Lipinski definition) is 5. The summed E-state index contributed by atoms with van der Waals surface area (Å²) in [5, 5.41) is 4.36. The molecule has 3 fully saturated rings. The van der Waals surface area contributed by atoms with E-state index in [1.807, 2.05) is 0 Å². The molecule has 0 spiro atoms. The molecule has 2 heterocycles. The van der Waals surface area contributed by atoms with E-state index in [1.54, 1.807) is 45.2 Å². The van der Waals surface area contributed by atoms with Gasteiger partial charge in [-0.05, 0) is 52.2 Å². The van der Waals surface area contributed by atoms with Crippen molar-refractivity contribution in [1.29, 1.82) is 0 Å². The highest BCUT2D eigenvalue weighted by Gasteiger charge is 2.69. The Hall–Kier alpha value is -2.15. The minimum atomic E-state index is -0.931. The molecule has 27 heavy (non-hydrogen) atoms. The molecule has 3 saturated carbocycles. The van der Waals surface area contributed by atoms with Gasteiger partial charge in [-0.1, -0.05) is 11.6 Å². The predicted molar refractivity (Wildman–Crippen MR) is 97.2 cm³/mol. The second-order valence-electron chi connectivity index (χ2n) is 8.58. The second-order valence-corrected chi connectivity index (χ2v) is 8.94. The first kappa shape index (κ1) is 18.2. The van der Waals surface area contributed by atoms with E-state index < -0.39 is 17.2 Å². The Balaban J connectivity index is 1.42. The summed E-state index contributed by atoms with van der Waals surface area (Å²) in [4.78, 5) is 16.4. The van der Waals surface area contributed by atoms with Gasteiger partial charge in [0, 0.05) is 17.7 Å². The standard InChI is InChI=1S/C19H21ClFN3O3/c1-17(2,3)27-16(25)12-4-5-13(22-15(12)20)24-7-6-14(23-24)26-11-18-8-19(21,9-18)10-18/h4-7H,8-11H2,1-3H3. The number of rotatable bonds is 5. The zero-order valence-electron chi connectivity index (χ0n) is 15.5. The van der Waals surface area contributed by atoms with Gasteiger partial charge < -0.3 is 9.47 Å². The van der Waals surface area contributed by atoms with Crippen molar-refractivity contribution in [2.75, 3.05) is 6.61 Å². The fourth-order valence-electron chi connectivity index (χ4n) is 3.79. The van der Waals surface area contributed by atoms with Crippen LogP contribution in [0.25, 0.3) is 5.82 Å². The van der Waals surface area contributed by atoms with Crippen molar-refractivity contribution >= 4 is 17.6 Å². The molecule has 5 rings (SSSR count). The predicted octanol–water partition coefficient (Wildman–Crippen LogP) is 4.15. The fraction of sp³-hybridized carbons (Fsp3) is 0.526. The smallest absolute Gasteiger partial charge is 0.341 e. The van der Waals surface area contributed by atoms with Crippen molar-refractivity contribution in [3.63, 3.8) is 0 Å². The van der Waals surface area contributed by atoms with E-state index in [1.165, 1.54) is 4.68 Å². The molecule has 0 aromatic carbocycles. The van der Waals surface area contributed by atoms with Crippen LogP contribution in [0.15, 0.2) is 24.4 Å². The average Bonchev–Trinajstić information content (AvgIpc) is 2.96. The zero-order chi connectivity index (χ0) is 19.4. The van der Waals surface area contributed by atoms with Crippen molar-refractivity contribution in [1.82, 2.24) is 14.8 Å². The van der Waals surface area contributed by atoms with E-state index in [2.05, 4.69) is 10.1 Å². The topological polar surface area (TPSA) is 66.2 Å².